The molecule has 1 aliphatic rings. The van der Waals surface area contributed by atoms with Crippen molar-refractivity contribution in [1.82, 2.24) is 0 Å². The largest absolute Gasteiger partial charge is 0.367 e. The molecule has 0 radical (unpaired) electrons. The van der Waals surface area contributed by atoms with Gasteiger partial charge in [0.15, 0.2) is 0 Å². The first-order valence-corrected chi connectivity index (χ1v) is 5.69. The average molecular weight is 242 g/mol. The first-order chi connectivity index (χ1) is 7.59. The molecule has 0 aromatic heterocycles. The maximum Gasteiger partial charge on any atom is 0.148 e. The summed E-state index contributed by atoms with van der Waals surface area (Å²) in [7, 11) is 0. The number of nitrogens with zero attached hydrogens (tertiary/aromatic N) is 1. The highest BCUT2D eigenvalue weighted by Gasteiger charge is 2.26. The van der Waals surface area contributed by atoms with Crippen molar-refractivity contribution in [3.8, 4) is 0 Å². The van der Waals surface area contributed by atoms with Crippen LogP contribution in [-0.4, -0.2) is 18.9 Å². The van der Waals surface area contributed by atoms with Gasteiger partial charge in [0.2, 0.25) is 0 Å². The van der Waals surface area contributed by atoms with E-state index in [2.05, 4.69) is 0 Å². The molecule has 0 N–H and O–H groups in total. The topological polar surface area (TPSA) is 20.3 Å². The number of carbonyl (C=O) groups is 1. The van der Waals surface area contributed by atoms with E-state index in [-0.39, 0.29) is 17.5 Å². The summed E-state index contributed by atoms with van der Waals surface area (Å²) < 4.78 is 13.6. The summed E-state index contributed by atoms with van der Waals surface area (Å²) in [6.45, 7) is 2.95. The van der Waals surface area contributed by atoms with Crippen LogP contribution in [0.2, 0.25) is 5.02 Å². The Kier molecular flexibility index (Phi) is 3.15. The molecule has 1 aromatic rings. The van der Waals surface area contributed by atoms with Crippen LogP contribution < -0.4 is 4.90 Å². The molecule has 0 bridgehead atoms. The molecule has 1 atom stereocenters. The van der Waals surface area contributed by atoms with E-state index >= 15 is 0 Å². The zero-order chi connectivity index (χ0) is 11.7. The second kappa shape index (κ2) is 4.42. The molecule has 16 heavy (non-hydrogen) atoms. The van der Waals surface area contributed by atoms with Gasteiger partial charge in [-0.1, -0.05) is 24.6 Å². The third-order valence-corrected chi connectivity index (χ3v) is 3.23. The van der Waals surface area contributed by atoms with Gasteiger partial charge in [0.1, 0.15) is 11.6 Å². The average Bonchev–Trinajstić information content (AvgIpc) is 2.23. The van der Waals surface area contributed by atoms with Gasteiger partial charge in [-0.3, -0.25) is 4.79 Å². The smallest absolute Gasteiger partial charge is 0.148 e. The van der Waals surface area contributed by atoms with Crippen LogP contribution >= 0.6 is 11.6 Å². The predicted octanol–water partition coefficient (Wildman–Crippen LogP) is 2.89. The van der Waals surface area contributed by atoms with E-state index in [4.69, 9.17) is 11.6 Å². The normalized spacial score (nSPS) is 21.3. The first-order valence-electron chi connectivity index (χ1n) is 5.31. The summed E-state index contributed by atoms with van der Waals surface area (Å²) in [5, 5.41) is 0.404. The Balaban J connectivity index is 2.28. The molecule has 0 amide bonds. The lowest BCUT2D eigenvalue weighted by molar-refractivity contribution is -0.122. The lowest BCUT2D eigenvalue weighted by Crippen LogP contribution is -2.40. The SMILES string of the molecule is CC1CN(c2c(F)cccc2Cl)CCC1=O. The third kappa shape index (κ3) is 2.05. The monoisotopic (exact) mass is 241 g/mol. The number of piperidine rings is 1. The predicted molar refractivity (Wildman–Crippen MR) is 62.4 cm³/mol. The van der Waals surface area contributed by atoms with Crippen LogP contribution in [0.4, 0.5) is 10.1 Å². The van der Waals surface area contributed by atoms with Crippen LogP contribution in [0.3, 0.4) is 0 Å². The number of rotatable bonds is 1. The van der Waals surface area contributed by atoms with Crippen molar-refractivity contribution >= 4 is 23.1 Å². The standard InChI is InChI=1S/C12H13ClFNO/c1-8-7-15(6-5-11(8)16)12-9(13)3-2-4-10(12)14/h2-4,8H,5-7H2,1H3. The molecular weight excluding hydrogens is 229 g/mol. The van der Waals surface area contributed by atoms with E-state index in [1.807, 2.05) is 11.8 Å². The Bertz CT molecular complexity index is 401. The van der Waals surface area contributed by atoms with E-state index in [1.54, 1.807) is 12.1 Å². The number of halogens is 2. The van der Waals surface area contributed by atoms with Crippen molar-refractivity contribution < 1.29 is 9.18 Å². The molecule has 1 saturated heterocycles. The van der Waals surface area contributed by atoms with E-state index < -0.39 is 0 Å². The number of hydrogen-bond donors (Lipinski definition) is 0. The van der Waals surface area contributed by atoms with Gasteiger partial charge in [-0.25, -0.2) is 4.39 Å². The molecule has 4 heteroatoms. The number of Topliss-reactive ketones (excluding diaryl/α,β-unsaturated/α-hetero) is 1. The van der Waals surface area contributed by atoms with Gasteiger partial charge in [0, 0.05) is 25.4 Å². The second-order valence-corrected chi connectivity index (χ2v) is 4.54. The summed E-state index contributed by atoms with van der Waals surface area (Å²) in [5.74, 6) is -0.137. The molecule has 2 rings (SSSR count). The van der Waals surface area contributed by atoms with E-state index in [1.165, 1.54) is 6.07 Å². The number of carbonyl (C=O) groups excluding carboxylic acids is 1. The van der Waals surface area contributed by atoms with Crippen molar-refractivity contribution in [2.45, 2.75) is 13.3 Å². The number of para-hydroxylation sites is 1. The van der Waals surface area contributed by atoms with Crippen molar-refractivity contribution in [3.63, 3.8) is 0 Å². The number of ketones is 1. The van der Waals surface area contributed by atoms with Crippen LogP contribution in [-0.2, 0) is 4.79 Å². The second-order valence-electron chi connectivity index (χ2n) is 4.13. The van der Waals surface area contributed by atoms with Gasteiger partial charge in [-0.2, -0.15) is 0 Å². The third-order valence-electron chi connectivity index (χ3n) is 2.93. The van der Waals surface area contributed by atoms with E-state index in [0.717, 1.165) is 0 Å². The minimum atomic E-state index is -0.325. The van der Waals surface area contributed by atoms with E-state index in [0.29, 0.717) is 30.2 Å². The molecule has 86 valence electrons. The first kappa shape index (κ1) is 11.4. The molecule has 1 fully saturated rings. The van der Waals surface area contributed by atoms with Gasteiger partial charge >= 0.3 is 0 Å². The number of hydrogen-bond acceptors (Lipinski definition) is 2. The van der Waals surface area contributed by atoms with Gasteiger partial charge in [0.05, 0.1) is 10.7 Å². The highest BCUT2D eigenvalue weighted by atomic mass is 35.5. The molecule has 1 aliphatic heterocycles. The van der Waals surface area contributed by atoms with E-state index in [9.17, 15) is 9.18 Å². The molecule has 0 saturated carbocycles. The van der Waals surface area contributed by atoms with Crippen molar-refractivity contribution in [3.05, 3.63) is 29.0 Å². The van der Waals surface area contributed by atoms with Gasteiger partial charge in [0.25, 0.3) is 0 Å². The zero-order valence-electron chi connectivity index (χ0n) is 9.04. The van der Waals surface area contributed by atoms with Crippen molar-refractivity contribution in [2.24, 2.45) is 5.92 Å². The lowest BCUT2D eigenvalue weighted by Gasteiger charge is -2.32. The molecule has 1 heterocycles. The minimum absolute atomic E-state index is 0.0515. The quantitative estimate of drug-likeness (QED) is 0.754. The fourth-order valence-electron chi connectivity index (χ4n) is 2.01. The van der Waals surface area contributed by atoms with Crippen LogP contribution in [0.5, 0.6) is 0 Å². The zero-order valence-corrected chi connectivity index (χ0v) is 9.80. The Morgan fingerprint density at radius 1 is 1.50 bits per heavy atom. The highest BCUT2D eigenvalue weighted by Crippen LogP contribution is 2.31. The molecule has 1 unspecified atom stereocenters. The molecular formula is C12H13ClFNO. The van der Waals surface area contributed by atoms with Crippen molar-refractivity contribution in [2.75, 3.05) is 18.0 Å². The Labute approximate surface area is 99.0 Å². The molecule has 1 aromatic carbocycles. The molecule has 2 nitrogen and oxygen atoms in total. The van der Waals surface area contributed by atoms with Crippen LogP contribution in [0, 0.1) is 11.7 Å². The summed E-state index contributed by atoms with van der Waals surface area (Å²) in [4.78, 5) is 13.2. The van der Waals surface area contributed by atoms with Gasteiger partial charge in [-0.05, 0) is 12.1 Å². The Morgan fingerprint density at radius 2 is 2.25 bits per heavy atom. The summed E-state index contributed by atoms with van der Waals surface area (Å²) >= 11 is 5.98. The summed E-state index contributed by atoms with van der Waals surface area (Å²) in [5.41, 5.74) is 0.420. The summed E-state index contributed by atoms with van der Waals surface area (Å²) in [6.07, 6.45) is 0.464. The Morgan fingerprint density at radius 3 is 2.88 bits per heavy atom. The highest BCUT2D eigenvalue weighted by molar-refractivity contribution is 6.33. The van der Waals surface area contributed by atoms with Gasteiger partial charge in [-0.15, -0.1) is 0 Å². The fourth-order valence-corrected chi connectivity index (χ4v) is 2.29. The Hall–Kier alpha value is -1.09. The van der Waals surface area contributed by atoms with Gasteiger partial charge < -0.3 is 4.90 Å². The van der Waals surface area contributed by atoms with Crippen LogP contribution in [0.15, 0.2) is 18.2 Å². The molecule has 0 aliphatic carbocycles. The fraction of sp³-hybridized carbons (Fsp3) is 0.417. The number of benzene rings is 1. The maximum absolute atomic E-state index is 13.6. The maximum atomic E-state index is 13.6. The minimum Gasteiger partial charge on any atom is -0.367 e. The summed E-state index contributed by atoms with van der Waals surface area (Å²) in [6, 6.07) is 4.64. The molecule has 0 spiro atoms. The van der Waals surface area contributed by atoms with Crippen LogP contribution in [0.1, 0.15) is 13.3 Å². The number of anilines is 1. The van der Waals surface area contributed by atoms with Crippen molar-refractivity contribution in [1.29, 1.82) is 0 Å². The van der Waals surface area contributed by atoms with Crippen LogP contribution in [0.25, 0.3) is 0 Å². The lowest BCUT2D eigenvalue weighted by atomic mass is 9.98.